The van der Waals surface area contributed by atoms with E-state index < -0.39 is 0 Å². The van der Waals surface area contributed by atoms with E-state index in [4.69, 9.17) is 0 Å². The van der Waals surface area contributed by atoms with Crippen LogP contribution < -0.4 is 0 Å². The number of nitrogens with zero attached hydrogens (tertiary/aromatic N) is 1. The van der Waals surface area contributed by atoms with Gasteiger partial charge in [0.05, 0.1) is 0 Å². The van der Waals surface area contributed by atoms with Crippen molar-refractivity contribution in [1.82, 2.24) is 4.90 Å². The number of hydrogen-bond donors (Lipinski definition) is 0. The molecule has 0 rings (SSSR count). The number of ether oxygens (including phenoxy) is 1. The highest BCUT2D eigenvalue weighted by molar-refractivity contribution is 4.88. The van der Waals surface area contributed by atoms with Gasteiger partial charge < -0.3 is 9.64 Å². The van der Waals surface area contributed by atoms with Crippen LogP contribution in [0.3, 0.4) is 0 Å². The zero-order chi connectivity index (χ0) is 24.8. The van der Waals surface area contributed by atoms with E-state index in [2.05, 4.69) is 113 Å². The van der Waals surface area contributed by atoms with Crippen LogP contribution in [0.15, 0.2) is 11.6 Å². The fraction of sp³-hybridized carbons (Fsp3) is 0.926. The molecule has 0 heterocycles. The van der Waals surface area contributed by atoms with E-state index in [0.717, 1.165) is 30.9 Å². The minimum Gasteiger partial charge on any atom is -0.385 e. The first kappa shape index (κ1) is 42.7. The van der Waals surface area contributed by atoms with Crippen molar-refractivity contribution < 1.29 is 4.74 Å². The molecule has 0 aliphatic heterocycles. The summed E-state index contributed by atoms with van der Waals surface area (Å²) in [5.41, 5.74) is 1.38. The predicted molar refractivity (Wildman–Crippen MR) is 142 cm³/mol. The molecule has 0 fully saturated rings. The second-order valence-electron chi connectivity index (χ2n) is 8.75. The van der Waals surface area contributed by atoms with Gasteiger partial charge in [0.1, 0.15) is 0 Å². The van der Waals surface area contributed by atoms with Gasteiger partial charge in [-0.15, -0.1) is 0 Å². The average molecular weight is 420 g/mol. The van der Waals surface area contributed by atoms with Crippen LogP contribution in [0.25, 0.3) is 0 Å². The topological polar surface area (TPSA) is 12.5 Å². The number of methoxy groups -OCH3 is 1. The Morgan fingerprint density at radius 3 is 0.862 bits per heavy atom. The lowest BCUT2D eigenvalue weighted by Crippen LogP contribution is -2.08. The summed E-state index contributed by atoms with van der Waals surface area (Å²) in [5, 5.41) is 0. The molecule has 2 heteroatoms. The number of rotatable bonds is 5. The Morgan fingerprint density at radius 2 is 0.862 bits per heavy atom. The number of allylic oxidation sites excluding steroid dienone is 2. The van der Waals surface area contributed by atoms with Crippen LogP contribution >= 0.6 is 0 Å². The van der Waals surface area contributed by atoms with Gasteiger partial charge in [-0.3, -0.25) is 0 Å². The van der Waals surface area contributed by atoms with E-state index in [1.165, 1.54) is 24.8 Å². The molecule has 0 aromatic carbocycles. The van der Waals surface area contributed by atoms with Crippen LogP contribution in [0.4, 0.5) is 0 Å². The molecule has 0 spiro atoms. The van der Waals surface area contributed by atoms with Crippen molar-refractivity contribution in [2.45, 2.75) is 116 Å². The van der Waals surface area contributed by atoms with E-state index in [-0.39, 0.29) is 0 Å². The molecule has 0 aromatic rings. The van der Waals surface area contributed by atoms with E-state index in [9.17, 15) is 0 Å². The molecule has 0 aliphatic carbocycles. The van der Waals surface area contributed by atoms with Gasteiger partial charge in [-0.25, -0.2) is 0 Å². The molecule has 29 heavy (non-hydrogen) atoms. The molecular weight excluding hydrogens is 354 g/mol. The van der Waals surface area contributed by atoms with Crippen molar-refractivity contribution in [3.05, 3.63) is 11.6 Å². The first-order valence-corrected chi connectivity index (χ1v) is 12.0. The molecule has 0 atom stereocenters. The molecule has 0 saturated heterocycles. The third kappa shape index (κ3) is 160. The van der Waals surface area contributed by atoms with Crippen molar-refractivity contribution >= 4 is 0 Å². The molecule has 0 aliphatic rings. The molecule has 0 N–H and O–H groups in total. The van der Waals surface area contributed by atoms with Gasteiger partial charge >= 0.3 is 0 Å². The van der Waals surface area contributed by atoms with Crippen LogP contribution in [0.5, 0.6) is 0 Å². The van der Waals surface area contributed by atoms with Crippen LogP contribution in [0.2, 0.25) is 0 Å². The van der Waals surface area contributed by atoms with Gasteiger partial charge in [-0.1, -0.05) is 100 Å². The van der Waals surface area contributed by atoms with E-state index in [0.29, 0.717) is 0 Å². The summed E-state index contributed by atoms with van der Waals surface area (Å²) in [6, 6.07) is 0. The fourth-order valence-electron chi connectivity index (χ4n) is 0. The Balaban J connectivity index is -0.0000000548. The van der Waals surface area contributed by atoms with Crippen LogP contribution in [0.1, 0.15) is 116 Å². The number of hydrogen-bond acceptors (Lipinski definition) is 2. The molecule has 0 bridgehead atoms. The predicted octanol–water partition coefficient (Wildman–Crippen LogP) is 9.35. The largest absolute Gasteiger partial charge is 0.385 e. The van der Waals surface area contributed by atoms with Gasteiger partial charge in [0.25, 0.3) is 0 Å². The highest BCUT2D eigenvalue weighted by atomic mass is 16.5. The van der Waals surface area contributed by atoms with Gasteiger partial charge in [-0.05, 0) is 66.1 Å². The SMILES string of the molecule is CC=C(C)C.CCC(C)C.CCC(C)C.CCC(C)C.CCN(C)C.CCOC. The summed E-state index contributed by atoms with van der Waals surface area (Å²) in [7, 11) is 5.79. The average Bonchev–Trinajstić information content (AvgIpc) is 2.69. The summed E-state index contributed by atoms with van der Waals surface area (Å²) >= 11 is 0. The summed E-state index contributed by atoms with van der Waals surface area (Å²) < 4.78 is 4.54. The second-order valence-corrected chi connectivity index (χ2v) is 8.75. The van der Waals surface area contributed by atoms with E-state index in [1.54, 1.807) is 7.11 Å². The minimum absolute atomic E-state index is 0.819. The van der Waals surface area contributed by atoms with Crippen molar-refractivity contribution in [3.63, 3.8) is 0 Å². The first-order chi connectivity index (χ1) is 13.3. The smallest absolute Gasteiger partial charge is 0.0433 e. The highest BCUT2D eigenvalue weighted by Crippen LogP contribution is 1.94. The van der Waals surface area contributed by atoms with Gasteiger partial charge in [0, 0.05) is 13.7 Å². The Hall–Kier alpha value is -0.340. The van der Waals surface area contributed by atoms with Gasteiger partial charge in [0.2, 0.25) is 0 Å². The molecule has 184 valence electrons. The quantitative estimate of drug-likeness (QED) is 0.411. The van der Waals surface area contributed by atoms with Crippen molar-refractivity contribution in [3.8, 4) is 0 Å². The Morgan fingerprint density at radius 1 is 0.724 bits per heavy atom. The third-order valence-electron chi connectivity index (χ3n) is 3.95. The maximum absolute atomic E-state index is 4.54. The molecule has 0 amide bonds. The third-order valence-corrected chi connectivity index (χ3v) is 3.95. The molecule has 0 saturated carbocycles. The second kappa shape index (κ2) is 41.9. The molecule has 0 aromatic heterocycles. The monoisotopic (exact) mass is 420 g/mol. The van der Waals surface area contributed by atoms with Crippen LogP contribution in [-0.2, 0) is 4.74 Å². The molecule has 0 unspecified atom stereocenters. The molecule has 0 radical (unpaired) electrons. The van der Waals surface area contributed by atoms with Crippen molar-refractivity contribution in [2.24, 2.45) is 17.8 Å². The highest BCUT2D eigenvalue weighted by Gasteiger charge is 1.81. The van der Waals surface area contributed by atoms with Gasteiger partial charge in [0.15, 0.2) is 0 Å². The lowest BCUT2D eigenvalue weighted by molar-refractivity contribution is 0.215. The zero-order valence-corrected chi connectivity index (χ0v) is 24.2. The van der Waals surface area contributed by atoms with E-state index >= 15 is 0 Å². The molecule has 2 nitrogen and oxygen atoms in total. The summed E-state index contributed by atoms with van der Waals surface area (Å²) in [5.74, 6) is 2.65. The van der Waals surface area contributed by atoms with Crippen molar-refractivity contribution in [1.29, 1.82) is 0 Å². The lowest BCUT2D eigenvalue weighted by Gasteiger charge is -2.00. The standard InChI is InChI=1S/3C5H12.C5H10.C4H11N.C3H8O/c5*1-4-5(2)3;1-3-4-2/h3*5H,4H2,1-3H3;4H,1-3H3;4H2,1-3H3;3H2,1-2H3. The summed E-state index contributed by atoms with van der Waals surface area (Å²) in [6.45, 7) is 32.2. The fourth-order valence-corrected chi connectivity index (χ4v) is 0. The maximum atomic E-state index is 4.54. The van der Waals surface area contributed by atoms with Crippen LogP contribution in [-0.4, -0.2) is 39.3 Å². The maximum Gasteiger partial charge on any atom is 0.0433 e. The summed E-state index contributed by atoms with van der Waals surface area (Å²) in [6.07, 6.45) is 6.00. The molecular formula is C27H65NO. The normalized spacial score (nSPS) is 8.86. The zero-order valence-electron chi connectivity index (χ0n) is 24.2. The van der Waals surface area contributed by atoms with Crippen LogP contribution in [0, 0.1) is 17.8 Å². The Labute approximate surface area is 189 Å². The Kier molecular flexibility index (Phi) is 61.7. The first-order valence-electron chi connectivity index (χ1n) is 12.0. The summed E-state index contributed by atoms with van der Waals surface area (Å²) in [4.78, 5) is 2.12. The lowest BCUT2D eigenvalue weighted by atomic mass is 10.2. The van der Waals surface area contributed by atoms with Gasteiger partial charge in [-0.2, -0.15) is 0 Å². The minimum atomic E-state index is 0.819. The van der Waals surface area contributed by atoms with E-state index in [1.807, 2.05) is 13.8 Å². The van der Waals surface area contributed by atoms with Crippen molar-refractivity contribution in [2.75, 3.05) is 34.4 Å². The Bertz CT molecular complexity index is 205.